The Balaban J connectivity index is 2.01. The molecular formula is C15H21BrOS. The van der Waals surface area contributed by atoms with Crippen molar-refractivity contribution in [2.24, 2.45) is 5.41 Å². The summed E-state index contributed by atoms with van der Waals surface area (Å²) < 4.78 is 7.08. The molecule has 0 atom stereocenters. The second-order valence-corrected chi connectivity index (χ2v) is 6.61. The van der Waals surface area contributed by atoms with Crippen LogP contribution in [0.2, 0.25) is 0 Å². The van der Waals surface area contributed by atoms with Crippen LogP contribution in [0.3, 0.4) is 0 Å². The molecule has 0 aromatic heterocycles. The third kappa shape index (κ3) is 3.45. The number of benzene rings is 1. The molecule has 2 rings (SSSR count). The van der Waals surface area contributed by atoms with Crippen LogP contribution in [0.4, 0.5) is 0 Å². The summed E-state index contributed by atoms with van der Waals surface area (Å²) >= 11 is 8.11. The Bertz CT molecular complexity index is 399. The van der Waals surface area contributed by atoms with Crippen LogP contribution in [-0.4, -0.2) is 12.4 Å². The van der Waals surface area contributed by atoms with E-state index < -0.39 is 0 Å². The van der Waals surface area contributed by atoms with Crippen LogP contribution < -0.4 is 4.74 Å². The van der Waals surface area contributed by atoms with Crippen molar-refractivity contribution in [3.05, 3.63) is 28.2 Å². The van der Waals surface area contributed by atoms with Crippen LogP contribution in [0.15, 0.2) is 22.7 Å². The first kappa shape index (κ1) is 14.3. The summed E-state index contributed by atoms with van der Waals surface area (Å²) in [5.41, 5.74) is 1.53. The fourth-order valence-corrected chi connectivity index (χ4v) is 3.62. The molecule has 1 fully saturated rings. The lowest BCUT2D eigenvalue weighted by Gasteiger charge is -2.35. The quantitative estimate of drug-likeness (QED) is 0.764. The first-order valence-electron chi connectivity index (χ1n) is 6.65. The molecule has 0 radical (unpaired) electrons. The van der Waals surface area contributed by atoms with E-state index in [4.69, 9.17) is 4.74 Å². The third-order valence-corrected chi connectivity index (χ3v) is 5.16. The number of hydrogen-bond donors (Lipinski definition) is 1. The Morgan fingerprint density at radius 2 is 2.00 bits per heavy atom. The van der Waals surface area contributed by atoms with Gasteiger partial charge in [-0.25, -0.2) is 0 Å². The van der Waals surface area contributed by atoms with Crippen LogP contribution in [0.5, 0.6) is 5.75 Å². The SMILES string of the molecule is Cc1ccc(OCC2(CS)CCCCC2)c(Br)c1. The molecule has 1 saturated carbocycles. The minimum absolute atomic E-state index is 0.283. The molecule has 3 heteroatoms. The molecule has 0 unspecified atom stereocenters. The molecule has 1 aliphatic carbocycles. The maximum absolute atomic E-state index is 6.03. The zero-order valence-corrected chi connectivity index (χ0v) is 13.4. The predicted octanol–water partition coefficient (Wildman–Crippen LogP) is 5.02. The summed E-state index contributed by atoms with van der Waals surface area (Å²) in [7, 11) is 0. The lowest BCUT2D eigenvalue weighted by atomic mass is 9.76. The van der Waals surface area contributed by atoms with Gasteiger partial charge in [-0.2, -0.15) is 12.6 Å². The van der Waals surface area contributed by atoms with Gasteiger partial charge in [-0.15, -0.1) is 0 Å². The molecule has 0 heterocycles. The summed E-state index contributed by atoms with van der Waals surface area (Å²) in [6.45, 7) is 2.88. The number of ether oxygens (including phenoxy) is 1. The highest BCUT2D eigenvalue weighted by atomic mass is 79.9. The van der Waals surface area contributed by atoms with E-state index in [-0.39, 0.29) is 5.41 Å². The van der Waals surface area contributed by atoms with Gasteiger partial charge in [0, 0.05) is 5.41 Å². The van der Waals surface area contributed by atoms with Crippen LogP contribution in [0.25, 0.3) is 0 Å². The molecule has 1 aromatic rings. The molecule has 100 valence electrons. The normalized spacial score (nSPS) is 18.6. The number of hydrogen-bond acceptors (Lipinski definition) is 2. The molecule has 0 spiro atoms. The Morgan fingerprint density at radius 1 is 1.28 bits per heavy atom. The van der Waals surface area contributed by atoms with E-state index in [1.54, 1.807) is 0 Å². The highest BCUT2D eigenvalue weighted by Crippen LogP contribution is 2.38. The second kappa shape index (κ2) is 6.33. The minimum atomic E-state index is 0.283. The van der Waals surface area contributed by atoms with Gasteiger partial charge in [-0.1, -0.05) is 25.3 Å². The van der Waals surface area contributed by atoms with Crippen molar-refractivity contribution in [2.45, 2.75) is 39.0 Å². The Hall–Kier alpha value is -0.150. The van der Waals surface area contributed by atoms with Gasteiger partial charge < -0.3 is 4.74 Å². The summed E-state index contributed by atoms with van der Waals surface area (Å²) in [5, 5.41) is 0. The molecule has 0 amide bonds. The van der Waals surface area contributed by atoms with Crippen molar-refractivity contribution in [1.82, 2.24) is 0 Å². The van der Waals surface area contributed by atoms with E-state index in [1.807, 2.05) is 0 Å². The predicted molar refractivity (Wildman–Crippen MR) is 83.7 cm³/mol. The smallest absolute Gasteiger partial charge is 0.133 e. The van der Waals surface area contributed by atoms with E-state index in [0.717, 1.165) is 22.6 Å². The highest BCUT2D eigenvalue weighted by molar-refractivity contribution is 9.10. The third-order valence-electron chi connectivity index (χ3n) is 3.87. The van der Waals surface area contributed by atoms with Gasteiger partial charge in [0.2, 0.25) is 0 Å². The summed E-state index contributed by atoms with van der Waals surface area (Å²) in [6, 6.07) is 6.24. The zero-order valence-electron chi connectivity index (χ0n) is 10.9. The van der Waals surface area contributed by atoms with Crippen molar-refractivity contribution >= 4 is 28.6 Å². The fraction of sp³-hybridized carbons (Fsp3) is 0.600. The van der Waals surface area contributed by atoms with Crippen LogP contribution in [0.1, 0.15) is 37.7 Å². The number of aryl methyl sites for hydroxylation is 1. The van der Waals surface area contributed by atoms with Crippen molar-refractivity contribution in [3.8, 4) is 5.75 Å². The number of thiol groups is 1. The van der Waals surface area contributed by atoms with Crippen LogP contribution in [0, 0.1) is 12.3 Å². The van der Waals surface area contributed by atoms with Gasteiger partial charge in [0.15, 0.2) is 0 Å². The van der Waals surface area contributed by atoms with Gasteiger partial charge in [0.1, 0.15) is 5.75 Å². The van der Waals surface area contributed by atoms with E-state index in [0.29, 0.717) is 0 Å². The number of halogens is 1. The van der Waals surface area contributed by atoms with Crippen LogP contribution >= 0.6 is 28.6 Å². The van der Waals surface area contributed by atoms with Crippen molar-refractivity contribution < 1.29 is 4.74 Å². The molecule has 0 saturated heterocycles. The Morgan fingerprint density at radius 3 is 2.61 bits per heavy atom. The lowest BCUT2D eigenvalue weighted by Crippen LogP contribution is -2.33. The van der Waals surface area contributed by atoms with Gasteiger partial charge in [0.25, 0.3) is 0 Å². The van der Waals surface area contributed by atoms with E-state index in [1.165, 1.54) is 37.7 Å². The monoisotopic (exact) mass is 328 g/mol. The highest BCUT2D eigenvalue weighted by Gasteiger charge is 2.31. The zero-order chi connectivity index (χ0) is 13.0. The molecule has 0 bridgehead atoms. The van der Waals surface area contributed by atoms with Crippen LogP contribution in [-0.2, 0) is 0 Å². The molecule has 1 nitrogen and oxygen atoms in total. The Kier molecular flexibility index (Phi) is 5.02. The van der Waals surface area contributed by atoms with E-state index in [2.05, 4.69) is 53.7 Å². The maximum Gasteiger partial charge on any atom is 0.133 e. The molecule has 1 aromatic carbocycles. The van der Waals surface area contributed by atoms with Crippen molar-refractivity contribution in [1.29, 1.82) is 0 Å². The Labute approximate surface area is 124 Å². The van der Waals surface area contributed by atoms with Crippen molar-refractivity contribution in [2.75, 3.05) is 12.4 Å². The number of rotatable bonds is 4. The fourth-order valence-electron chi connectivity index (χ4n) is 2.60. The average Bonchev–Trinajstić information content (AvgIpc) is 2.39. The lowest BCUT2D eigenvalue weighted by molar-refractivity contribution is 0.120. The average molecular weight is 329 g/mol. The molecule has 0 N–H and O–H groups in total. The molecule has 18 heavy (non-hydrogen) atoms. The van der Waals surface area contributed by atoms with Crippen molar-refractivity contribution in [3.63, 3.8) is 0 Å². The molecule has 1 aliphatic rings. The van der Waals surface area contributed by atoms with E-state index >= 15 is 0 Å². The molecule has 0 aliphatic heterocycles. The summed E-state index contributed by atoms with van der Waals surface area (Å²) in [4.78, 5) is 0. The maximum atomic E-state index is 6.03. The summed E-state index contributed by atoms with van der Waals surface area (Å²) in [5.74, 6) is 1.88. The topological polar surface area (TPSA) is 9.23 Å². The first-order valence-corrected chi connectivity index (χ1v) is 8.08. The van der Waals surface area contributed by atoms with Gasteiger partial charge in [-0.3, -0.25) is 0 Å². The first-order chi connectivity index (χ1) is 8.65. The second-order valence-electron chi connectivity index (χ2n) is 5.44. The largest absolute Gasteiger partial charge is 0.492 e. The minimum Gasteiger partial charge on any atom is -0.492 e. The standard InChI is InChI=1S/C15H21BrOS/c1-12-5-6-14(13(16)9-12)17-10-15(11-18)7-3-2-4-8-15/h5-6,9,18H,2-4,7-8,10-11H2,1H3. The van der Waals surface area contributed by atoms with Gasteiger partial charge >= 0.3 is 0 Å². The molecular weight excluding hydrogens is 308 g/mol. The summed E-state index contributed by atoms with van der Waals surface area (Å²) in [6.07, 6.45) is 6.50. The van der Waals surface area contributed by atoms with E-state index in [9.17, 15) is 0 Å². The van der Waals surface area contributed by atoms with Gasteiger partial charge in [-0.05, 0) is 59.1 Å². The van der Waals surface area contributed by atoms with Gasteiger partial charge in [0.05, 0.1) is 11.1 Å².